The number of hydrogen-bond acceptors (Lipinski definition) is 5. The van der Waals surface area contributed by atoms with Crippen LogP contribution in [0.5, 0.6) is 0 Å². The molecule has 0 fully saturated rings. The number of rotatable bonds is 8. The van der Waals surface area contributed by atoms with Crippen LogP contribution in [0.15, 0.2) is 191 Å². The van der Waals surface area contributed by atoms with Crippen molar-refractivity contribution in [2.24, 2.45) is 0 Å². The van der Waals surface area contributed by atoms with Crippen LogP contribution in [0.1, 0.15) is 13.8 Å². The third kappa shape index (κ3) is 5.80. The van der Waals surface area contributed by atoms with Gasteiger partial charge in [-0.3, -0.25) is 0 Å². The van der Waals surface area contributed by atoms with E-state index in [1.54, 1.807) is 22.7 Å². The monoisotopic (exact) mass is 876 g/mol. The van der Waals surface area contributed by atoms with Crippen LogP contribution in [-0.4, -0.2) is 26.8 Å². The quantitative estimate of drug-likeness (QED) is 0.143. The zero-order valence-corrected chi connectivity index (χ0v) is 37.3. The van der Waals surface area contributed by atoms with Gasteiger partial charge in [-0.1, -0.05) is 72.8 Å². The molecule has 65 heavy (non-hydrogen) atoms. The van der Waals surface area contributed by atoms with Crippen LogP contribution in [0.2, 0.25) is 0 Å². The summed E-state index contributed by atoms with van der Waals surface area (Å²) in [5.41, 5.74) is 11.2. The normalized spacial score (nSPS) is 12.0. The summed E-state index contributed by atoms with van der Waals surface area (Å²) in [6, 6.07) is 65.4. The van der Waals surface area contributed by atoms with Gasteiger partial charge in [0.05, 0.1) is 38.7 Å². The second-order valence-corrected chi connectivity index (χ2v) is 18.8. The molecule has 0 aliphatic rings. The predicted octanol–water partition coefficient (Wildman–Crippen LogP) is 15.4. The smallest absolute Gasteiger partial charge is 0.345 e. The van der Waals surface area contributed by atoms with Gasteiger partial charge < -0.3 is 23.0 Å². The van der Waals surface area contributed by atoms with E-state index in [0.717, 1.165) is 66.2 Å². The van der Waals surface area contributed by atoms with E-state index >= 15 is 0 Å². The molecule has 0 saturated carbocycles. The Labute approximate surface area is 381 Å². The van der Waals surface area contributed by atoms with Crippen molar-refractivity contribution >= 4 is 105 Å². The minimum atomic E-state index is -0.319. The van der Waals surface area contributed by atoms with Crippen molar-refractivity contribution in [3.8, 4) is 36.6 Å². The van der Waals surface area contributed by atoms with E-state index in [1.807, 2.05) is 12.1 Å². The molecule has 0 amide bonds. The first kappa shape index (κ1) is 37.9. The van der Waals surface area contributed by atoms with E-state index in [9.17, 15) is 4.79 Å². The van der Waals surface area contributed by atoms with E-state index in [4.69, 9.17) is 4.42 Å². The molecule has 13 rings (SSSR count). The Morgan fingerprint density at radius 1 is 0.446 bits per heavy atom. The Balaban J connectivity index is 0.965. The SMILES string of the molecule is CCN(CC)c1ccc2cc(-c3ccc(-c4ccc(-n5c6ccc(-n7c8ccccc8c8ccccc87)cc6c6cc(-n7c8ccccc8c8ccccc87)ccc65)s4)s3)c(=O)oc2c1. The summed E-state index contributed by atoms with van der Waals surface area (Å²) in [6.45, 7) is 6.04. The van der Waals surface area contributed by atoms with Crippen molar-refractivity contribution in [2.45, 2.75) is 13.8 Å². The highest BCUT2D eigenvalue weighted by Gasteiger charge is 2.21. The third-order valence-electron chi connectivity index (χ3n) is 13.2. The molecule has 6 heterocycles. The molecule has 6 nitrogen and oxygen atoms in total. The van der Waals surface area contributed by atoms with Gasteiger partial charge in [0.2, 0.25) is 0 Å². The lowest BCUT2D eigenvalue weighted by molar-refractivity contribution is 0.563. The Bertz CT molecular complexity index is 3820. The van der Waals surface area contributed by atoms with Gasteiger partial charge in [0.15, 0.2) is 0 Å². The van der Waals surface area contributed by atoms with Gasteiger partial charge >= 0.3 is 5.63 Å². The van der Waals surface area contributed by atoms with Crippen molar-refractivity contribution in [1.82, 2.24) is 13.7 Å². The third-order valence-corrected chi connectivity index (χ3v) is 15.6. The summed E-state index contributed by atoms with van der Waals surface area (Å²) in [5, 5.41) is 9.38. The first-order valence-electron chi connectivity index (χ1n) is 22.1. The molecule has 0 N–H and O–H groups in total. The van der Waals surface area contributed by atoms with Crippen LogP contribution >= 0.6 is 22.7 Å². The molecule has 13 aromatic rings. The Hall–Kier alpha value is -7.65. The first-order chi connectivity index (χ1) is 32.0. The summed E-state index contributed by atoms with van der Waals surface area (Å²) in [7, 11) is 0. The van der Waals surface area contributed by atoms with Crippen LogP contribution in [-0.2, 0) is 0 Å². The fourth-order valence-corrected chi connectivity index (χ4v) is 12.3. The van der Waals surface area contributed by atoms with Gasteiger partial charge in [0.25, 0.3) is 0 Å². The van der Waals surface area contributed by atoms with Crippen LogP contribution in [0.4, 0.5) is 5.69 Å². The number of thiophene rings is 2. The number of aromatic nitrogens is 3. The van der Waals surface area contributed by atoms with Gasteiger partial charge in [-0.25, -0.2) is 4.79 Å². The number of nitrogens with zero attached hydrogens (tertiary/aromatic N) is 4. The molecular weight excluding hydrogens is 837 g/mol. The van der Waals surface area contributed by atoms with E-state index in [1.165, 1.54) is 54.4 Å². The lowest BCUT2D eigenvalue weighted by atomic mass is 10.1. The molecule has 6 aromatic heterocycles. The Morgan fingerprint density at radius 3 is 1.46 bits per heavy atom. The summed E-state index contributed by atoms with van der Waals surface area (Å²) >= 11 is 3.39. The van der Waals surface area contributed by atoms with Gasteiger partial charge in [0.1, 0.15) is 10.6 Å². The Kier molecular flexibility index (Phi) is 8.57. The maximum absolute atomic E-state index is 13.5. The van der Waals surface area contributed by atoms with Gasteiger partial charge in [0, 0.05) is 88.6 Å². The first-order valence-corrected chi connectivity index (χ1v) is 23.8. The average molecular weight is 877 g/mol. The number of para-hydroxylation sites is 4. The molecular formula is C57H40N4O2S2. The van der Waals surface area contributed by atoms with Crippen molar-refractivity contribution in [3.63, 3.8) is 0 Å². The second-order valence-electron chi connectivity index (χ2n) is 16.6. The molecule has 0 saturated heterocycles. The van der Waals surface area contributed by atoms with Crippen LogP contribution in [0, 0.1) is 0 Å². The Morgan fingerprint density at radius 2 is 0.923 bits per heavy atom. The maximum atomic E-state index is 13.5. The maximum Gasteiger partial charge on any atom is 0.345 e. The average Bonchev–Trinajstić information content (AvgIpc) is 4.19. The summed E-state index contributed by atoms with van der Waals surface area (Å²) in [4.78, 5) is 18.9. The van der Waals surface area contributed by atoms with Crippen LogP contribution in [0.3, 0.4) is 0 Å². The highest BCUT2D eigenvalue weighted by atomic mass is 32.1. The second kappa shape index (κ2) is 14.7. The van der Waals surface area contributed by atoms with E-state index in [2.05, 4.69) is 202 Å². The molecule has 0 atom stereocenters. The number of anilines is 1. The highest BCUT2D eigenvalue weighted by Crippen LogP contribution is 2.43. The standard InChI is InChI=1S/C57H40N4O2S2/c1-3-58(4-2)36-22-21-35-31-45(57(62)63-52(35)34-36)53-27-28-54(64-53)55-29-30-56(65-55)61-50-25-23-37(59-46-17-9-5-13-39(46)40-14-6-10-18-47(40)59)32-43(50)44-33-38(24-26-51(44)61)60-48-19-11-7-15-41(48)42-16-8-12-20-49(42)60/h5-34H,3-4H2,1-2H3. The summed E-state index contributed by atoms with van der Waals surface area (Å²) in [6.07, 6.45) is 0. The molecule has 0 radical (unpaired) electrons. The van der Waals surface area contributed by atoms with Crippen molar-refractivity contribution in [2.75, 3.05) is 18.0 Å². The van der Waals surface area contributed by atoms with E-state index in [0.29, 0.717) is 11.1 Å². The summed E-state index contributed by atoms with van der Waals surface area (Å²) in [5.74, 6) is 0. The number of benzene rings is 7. The molecule has 312 valence electrons. The summed E-state index contributed by atoms with van der Waals surface area (Å²) < 4.78 is 13.2. The van der Waals surface area contributed by atoms with Gasteiger partial charge in [-0.2, -0.15) is 0 Å². The fraction of sp³-hybridized carbons (Fsp3) is 0.0702. The molecule has 0 unspecified atom stereocenters. The molecule has 8 heteroatoms. The topological polar surface area (TPSA) is 48.2 Å². The highest BCUT2D eigenvalue weighted by molar-refractivity contribution is 7.24. The predicted molar refractivity (Wildman–Crippen MR) is 276 cm³/mol. The van der Waals surface area contributed by atoms with Gasteiger partial charge in [-0.05, 0) is 117 Å². The molecule has 0 aliphatic heterocycles. The molecule has 0 bridgehead atoms. The number of hydrogen-bond donors (Lipinski definition) is 0. The van der Waals surface area contributed by atoms with Crippen molar-refractivity contribution in [1.29, 1.82) is 0 Å². The molecule has 0 aliphatic carbocycles. The van der Waals surface area contributed by atoms with E-state index < -0.39 is 0 Å². The molecule has 0 spiro atoms. The zero-order chi connectivity index (χ0) is 43.3. The lowest BCUT2D eigenvalue weighted by Gasteiger charge is -2.20. The number of fused-ring (bicyclic) bond motifs is 10. The van der Waals surface area contributed by atoms with E-state index in [-0.39, 0.29) is 5.63 Å². The van der Waals surface area contributed by atoms with Crippen LogP contribution < -0.4 is 10.5 Å². The largest absolute Gasteiger partial charge is 0.422 e. The minimum Gasteiger partial charge on any atom is -0.422 e. The minimum absolute atomic E-state index is 0.319. The zero-order valence-electron chi connectivity index (χ0n) is 35.7. The van der Waals surface area contributed by atoms with Crippen molar-refractivity contribution < 1.29 is 4.42 Å². The van der Waals surface area contributed by atoms with Crippen molar-refractivity contribution in [3.05, 3.63) is 192 Å². The van der Waals surface area contributed by atoms with Crippen LogP contribution in [0.25, 0.3) is 113 Å². The van der Waals surface area contributed by atoms with Gasteiger partial charge in [-0.15, -0.1) is 22.7 Å². The fourth-order valence-electron chi connectivity index (χ4n) is 10.2. The molecule has 7 aromatic carbocycles. The lowest BCUT2D eigenvalue weighted by Crippen LogP contribution is -2.21.